The minimum absolute atomic E-state index is 0.00158. The summed E-state index contributed by atoms with van der Waals surface area (Å²) >= 11 is 0. The van der Waals surface area contributed by atoms with Gasteiger partial charge in [-0.3, -0.25) is 14.4 Å². The molecule has 7 nitrogen and oxygen atoms in total. The highest BCUT2D eigenvalue weighted by molar-refractivity contribution is 5.99. The highest BCUT2D eigenvalue weighted by atomic mass is 16.5. The molecule has 0 radical (unpaired) electrons. The van der Waals surface area contributed by atoms with Crippen LogP contribution in [0.5, 0.6) is 5.75 Å². The van der Waals surface area contributed by atoms with Gasteiger partial charge in [-0.2, -0.15) is 0 Å². The van der Waals surface area contributed by atoms with Crippen molar-refractivity contribution in [3.8, 4) is 5.75 Å². The molecule has 0 aromatic heterocycles. The molecule has 2 saturated carbocycles. The van der Waals surface area contributed by atoms with E-state index in [0.717, 1.165) is 10.8 Å². The van der Waals surface area contributed by atoms with E-state index in [1.54, 1.807) is 24.3 Å². The number of hydrogen-bond donors (Lipinski definition) is 3. The minimum atomic E-state index is -0.732. The number of rotatable bonds is 9. The fraction of sp³-hybridized carbons (Fsp3) is 0.367. The van der Waals surface area contributed by atoms with E-state index < -0.39 is 5.97 Å². The first kappa shape index (κ1) is 24.8. The van der Waals surface area contributed by atoms with E-state index in [4.69, 9.17) is 9.84 Å². The molecule has 0 spiro atoms. The van der Waals surface area contributed by atoms with Crippen LogP contribution >= 0.6 is 0 Å². The number of fused-ring (bicyclic) bond motifs is 1. The number of ether oxygens (including phenoxy) is 1. The number of benzene rings is 3. The second-order valence-corrected chi connectivity index (χ2v) is 10.1. The second kappa shape index (κ2) is 11.0. The molecule has 0 unspecified atom stereocenters. The molecule has 7 heteroatoms. The van der Waals surface area contributed by atoms with Gasteiger partial charge in [-0.15, -0.1) is 0 Å². The van der Waals surface area contributed by atoms with Gasteiger partial charge in [0.1, 0.15) is 5.75 Å². The average Bonchev–Trinajstić information content (AvgIpc) is 3.77. The van der Waals surface area contributed by atoms with Crippen molar-refractivity contribution in [2.45, 2.75) is 50.5 Å². The van der Waals surface area contributed by atoms with Gasteiger partial charge in [0.05, 0.1) is 12.0 Å². The van der Waals surface area contributed by atoms with Crippen molar-refractivity contribution in [1.29, 1.82) is 0 Å². The third-order valence-electron chi connectivity index (χ3n) is 7.31. The van der Waals surface area contributed by atoms with E-state index in [0.29, 0.717) is 61.6 Å². The van der Waals surface area contributed by atoms with Gasteiger partial charge in [-0.1, -0.05) is 24.3 Å². The Morgan fingerprint density at radius 2 is 1.32 bits per heavy atom. The topological polar surface area (TPSA) is 105 Å². The molecule has 2 aliphatic rings. The van der Waals surface area contributed by atoms with Crippen LogP contribution in [0.3, 0.4) is 0 Å². The van der Waals surface area contributed by atoms with Crippen molar-refractivity contribution in [3.63, 3.8) is 0 Å². The summed E-state index contributed by atoms with van der Waals surface area (Å²) in [5, 5.41) is 17.0. The quantitative estimate of drug-likeness (QED) is 0.363. The van der Waals surface area contributed by atoms with Crippen molar-refractivity contribution in [1.82, 2.24) is 10.6 Å². The van der Waals surface area contributed by atoms with Crippen LogP contribution in [0.1, 0.15) is 70.7 Å². The van der Waals surface area contributed by atoms with E-state index in [-0.39, 0.29) is 23.8 Å². The Hall–Kier alpha value is -3.87. The first-order chi connectivity index (χ1) is 18.0. The third-order valence-corrected chi connectivity index (χ3v) is 7.31. The van der Waals surface area contributed by atoms with Gasteiger partial charge in [0.2, 0.25) is 0 Å². The van der Waals surface area contributed by atoms with Gasteiger partial charge < -0.3 is 20.5 Å². The Morgan fingerprint density at radius 3 is 1.97 bits per heavy atom. The van der Waals surface area contributed by atoms with Crippen molar-refractivity contribution in [3.05, 3.63) is 77.4 Å². The van der Waals surface area contributed by atoms with Gasteiger partial charge in [0.25, 0.3) is 11.8 Å². The van der Waals surface area contributed by atoms with Crippen LogP contribution in [0.25, 0.3) is 10.8 Å². The van der Waals surface area contributed by atoms with Crippen molar-refractivity contribution < 1.29 is 24.2 Å². The van der Waals surface area contributed by atoms with Crippen LogP contribution in [-0.4, -0.2) is 42.1 Å². The van der Waals surface area contributed by atoms with Crippen LogP contribution in [0.4, 0.5) is 0 Å². The zero-order valence-corrected chi connectivity index (χ0v) is 20.7. The van der Waals surface area contributed by atoms with E-state index in [9.17, 15) is 14.4 Å². The molecule has 5 rings (SSSR count). The highest BCUT2D eigenvalue weighted by Gasteiger charge is 2.27. The normalized spacial score (nSPS) is 19.2. The monoisotopic (exact) mass is 500 g/mol. The number of carboxylic acids is 1. The smallest absolute Gasteiger partial charge is 0.306 e. The summed E-state index contributed by atoms with van der Waals surface area (Å²) < 4.78 is 5.96. The Labute approximate surface area is 216 Å². The highest BCUT2D eigenvalue weighted by Crippen LogP contribution is 2.40. The fourth-order valence-corrected chi connectivity index (χ4v) is 4.94. The Bertz CT molecular complexity index is 1290. The third kappa shape index (κ3) is 6.28. The predicted molar refractivity (Wildman–Crippen MR) is 141 cm³/mol. The van der Waals surface area contributed by atoms with E-state index in [2.05, 4.69) is 28.8 Å². The van der Waals surface area contributed by atoms with E-state index >= 15 is 0 Å². The SMILES string of the molecule is O=C(NCCNC(=O)c1ccc2cc(C3CC3)ccc2c1)c1ccc(O[C@H]2CC[C@@H](C(=O)O)CC2)cc1. The molecule has 0 atom stereocenters. The lowest BCUT2D eigenvalue weighted by Gasteiger charge is -2.26. The van der Waals surface area contributed by atoms with Gasteiger partial charge in [-0.05, 0) is 97.2 Å². The molecule has 2 fully saturated rings. The summed E-state index contributed by atoms with van der Waals surface area (Å²) in [6.07, 6.45) is 5.21. The van der Waals surface area contributed by atoms with Gasteiger partial charge >= 0.3 is 5.97 Å². The fourth-order valence-electron chi connectivity index (χ4n) is 4.94. The summed E-state index contributed by atoms with van der Waals surface area (Å²) in [5.74, 6) is -0.0266. The summed E-state index contributed by atoms with van der Waals surface area (Å²) in [6, 6.07) is 19.1. The summed E-state index contributed by atoms with van der Waals surface area (Å²) in [6.45, 7) is 0.636. The molecule has 3 N–H and O–H groups in total. The average molecular weight is 501 g/mol. The number of carboxylic acid groups (broad SMARTS) is 1. The lowest BCUT2D eigenvalue weighted by Crippen LogP contribution is -2.34. The van der Waals surface area contributed by atoms with Gasteiger partial charge in [0.15, 0.2) is 0 Å². The van der Waals surface area contributed by atoms with Gasteiger partial charge in [0, 0.05) is 24.2 Å². The Balaban J connectivity index is 1.05. The first-order valence-corrected chi connectivity index (χ1v) is 13.1. The Kier molecular flexibility index (Phi) is 7.40. The van der Waals surface area contributed by atoms with Crippen LogP contribution in [0.2, 0.25) is 0 Å². The number of aliphatic carboxylic acids is 1. The maximum absolute atomic E-state index is 12.6. The maximum Gasteiger partial charge on any atom is 0.306 e. The molecule has 3 aromatic carbocycles. The molecule has 0 aliphatic heterocycles. The van der Waals surface area contributed by atoms with Crippen LogP contribution in [-0.2, 0) is 4.79 Å². The number of carbonyl (C=O) groups is 3. The number of nitrogens with one attached hydrogen (secondary N) is 2. The summed E-state index contributed by atoms with van der Waals surface area (Å²) in [5.41, 5.74) is 2.49. The maximum atomic E-state index is 12.6. The van der Waals surface area contributed by atoms with Crippen molar-refractivity contribution in [2.24, 2.45) is 5.92 Å². The molecule has 192 valence electrons. The first-order valence-electron chi connectivity index (χ1n) is 13.1. The predicted octanol–water partition coefficient (Wildman–Crippen LogP) is 4.90. The molecule has 0 heterocycles. The number of hydrogen-bond acceptors (Lipinski definition) is 4. The molecule has 0 saturated heterocycles. The molecule has 0 bridgehead atoms. The minimum Gasteiger partial charge on any atom is -0.490 e. The zero-order chi connectivity index (χ0) is 25.8. The lowest BCUT2D eigenvalue weighted by atomic mass is 9.87. The van der Waals surface area contributed by atoms with Gasteiger partial charge in [-0.25, -0.2) is 0 Å². The molecular formula is C30H32N2O5. The van der Waals surface area contributed by atoms with Crippen LogP contribution in [0.15, 0.2) is 60.7 Å². The standard InChI is InChI=1S/C30H32N2O5/c33-28(20-7-11-26(12-8-20)37-27-13-9-21(10-14-27)30(35)36)31-15-16-32-29(34)25-6-5-23-17-22(19-1-2-19)3-4-24(23)18-25/h3-8,11-12,17-19,21,27H,1-2,9-10,13-16H2,(H,31,33)(H,32,34)(H,35,36)/t21-,27+. The largest absolute Gasteiger partial charge is 0.490 e. The van der Waals surface area contributed by atoms with Crippen LogP contribution < -0.4 is 15.4 Å². The van der Waals surface area contributed by atoms with Crippen molar-refractivity contribution >= 4 is 28.6 Å². The molecule has 2 amide bonds. The van der Waals surface area contributed by atoms with Crippen molar-refractivity contribution in [2.75, 3.05) is 13.1 Å². The number of carbonyl (C=O) groups excluding carboxylic acids is 2. The number of amides is 2. The molecule has 37 heavy (non-hydrogen) atoms. The van der Waals surface area contributed by atoms with E-state index in [1.165, 1.54) is 18.4 Å². The lowest BCUT2D eigenvalue weighted by molar-refractivity contribution is -0.143. The Morgan fingerprint density at radius 1 is 0.730 bits per heavy atom. The van der Waals surface area contributed by atoms with E-state index in [1.807, 2.05) is 18.2 Å². The zero-order valence-electron chi connectivity index (χ0n) is 20.7. The van der Waals surface area contributed by atoms with Crippen LogP contribution in [0, 0.1) is 5.92 Å². The molecular weight excluding hydrogens is 468 g/mol. The molecule has 2 aliphatic carbocycles. The second-order valence-electron chi connectivity index (χ2n) is 10.1. The summed E-state index contributed by atoms with van der Waals surface area (Å²) in [4.78, 5) is 36.1. The molecule has 3 aromatic rings. The summed E-state index contributed by atoms with van der Waals surface area (Å²) in [7, 11) is 0.